The number of nitrogens with one attached hydrogen (secondary N) is 1. The molecule has 6 atom stereocenters. The summed E-state index contributed by atoms with van der Waals surface area (Å²) < 4.78 is 34.3. The fraction of sp³-hybridized carbons (Fsp3) is 0.571. The van der Waals surface area contributed by atoms with Crippen LogP contribution in [0.15, 0.2) is 12.7 Å². The summed E-state index contributed by atoms with van der Waals surface area (Å²) in [5, 5.41) is 36.9. The summed E-state index contributed by atoms with van der Waals surface area (Å²) in [6, 6.07) is -1.63. The van der Waals surface area contributed by atoms with E-state index >= 15 is 0 Å². The number of imidazole rings is 1. The Kier molecular flexibility index (Phi) is 5.67. The van der Waals surface area contributed by atoms with Crippen molar-refractivity contribution in [2.24, 2.45) is 5.73 Å². The second-order valence-electron chi connectivity index (χ2n) is 6.69. The second kappa shape index (κ2) is 7.65. The number of aromatic nitrogens is 4. The molecule has 0 saturated carbocycles. The van der Waals surface area contributed by atoms with Gasteiger partial charge in [0.05, 0.1) is 12.7 Å². The van der Waals surface area contributed by atoms with Crippen LogP contribution < -0.4 is 16.2 Å². The van der Waals surface area contributed by atoms with Gasteiger partial charge < -0.3 is 36.6 Å². The molecule has 3 heterocycles. The van der Waals surface area contributed by atoms with Gasteiger partial charge in [-0.3, -0.25) is 9.36 Å². The van der Waals surface area contributed by atoms with E-state index in [1.54, 1.807) is 4.72 Å². The summed E-state index contributed by atoms with van der Waals surface area (Å²) in [5.74, 6) is -1.42. The number of aliphatic hydroxyl groups excluding tert-OH is 4. The van der Waals surface area contributed by atoms with Gasteiger partial charge in [0, 0.05) is 0 Å². The summed E-state index contributed by atoms with van der Waals surface area (Å²) in [5.41, 5.74) is 10.9. The Hall–Kier alpha value is -2.47. The number of carbonyl (C=O) groups excluding carboxylic acids is 1. The maximum atomic E-state index is 13.3. The molecule has 16 heteroatoms. The van der Waals surface area contributed by atoms with E-state index in [0.29, 0.717) is 0 Å². The molecule has 2 aromatic heterocycles. The summed E-state index contributed by atoms with van der Waals surface area (Å²) in [7, 11) is -5.06. The van der Waals surface area contributed by atoms with Crippen LogP contribution in [0.25, 0.3) is 11.2 Å². The quantitative estimate of drug-likeness (QED) is 0.220. The van der Waals surface area contributed by atoms with Gasteiger partial charge in [-0.2, -0.15) is 0 Å². The number of hydrogen-bond acceptors (Lipinski definition) is 13. The van der Waals surface area contributed by atoms with Gasteiger partial charge in [-0.1, -0.05) is 0 Å². The lowest BCUT2D eigenvalue weighted by molar-refractivity contribution is -0.123. The average Bonchev–Trinajstić information content (AvgIpc) is 3.22. The average molecular weight is 447 g/mol. The van der Waals surface area contributed by atoms with Gasteiger partial charge in [0.2, 0.25) is 0 Å². The zero-order valence-electron chi connectivity index (χ0n) is 15.5. The number of nitrogens with two attached hydrogens (primary N) is 2. The molecule has 1 aliphatic heterocycles. The maximum Gasteiger partial charge on any atom is 0.300 e. The van der Waals surface area contributed by atoms with E-state index in [0.717, 1.165) is 17.2 Å². The number of amides is 1. The van der Waals surface area contributed by atoms with Crippen LogP contribution in [0.4, 0.5) is 5.82 Å². The van der Waals surface area contributed by atoms with Crippen LogP contribution in [0.1, 0.15) is 6.92 Å². The molecule has 1 amide bonds. The molecule has 2 aromatic rings. The van der Waals surface area contributed by atoms with Crippen molar-refractivity contribution in [1.29, 1.82) is 0 Å². The Morgan fingerprint density at radius 2 is 2.07 bits per heavy atom. The number of ether oxygens (including phenoxy) is 1. The molecule has 0 bridgehead atoms. The van der Waals surface area contributed by atoms with Gasteiger partial charge in [0.1, 0.15) is 42.5 Å². The van der Waals surface area contributed by atoms with Crippen molar-refractivity contribution < 1.29 is 38.4 Å². The first kappa shape index (κ1) is 22.2. The van der Waals surface area contributed by atoms with Crippen molar-refractivity contribution in [3.8, 4) is 0 Å². The van der Waals surface area contributed by atoms with Crippen molar-refractivity contribution in [3.05, 3.63) is 12.7 Å². The van der Waals surface area contributed by atoms with Gasteiger partial charge in [-0.15, -0.1) is 0 Å². The highest BCUT2D eigenvalue weighted by Gasteiger charge is 2.65. The number of anilines is 1. The Morgan fingerprint density at radius 1 is 1.40 bits per heavy atom. The minimum absolute atomic E-state index is 0.0446. The fourth-order valence-electron chi connectivity index (χ4n) is 3.05. The molecule has 0 unspecified atom stereocenters. The SMILES string of the molecule is C[C@@H](O)[C@H](N)C(=O)NS(=O)(=O)[C@@]1(n2cnc3c(N)ncnc32)O[C@H](CO)[C@@H](O)[C@H]1O. The summed E-state index contributed by atoms with van der Waals surface area (Å²) in [6.07, 6.45) is -5.12. The Bertz CT molecular complexity index is 1060. The van der Waals surface area contributed by atoms with E-state index in [2.05, 4.69) is 15.0 Å². The number of nitrogen functional groups attached to an aromatic ring is 1. The van der Waals surface area contributed by atoms with E-state index in [1.165, 1.54) is 6.92 Å². The van der Waals surface area contributed by atoms with E-state index in [-0.39, 0.29) is 17.0 Å². The molecule has 166 valence electrons. The third-order valence-electron chi connectivity index (χ3n) is 4.72. The number of hydrogen-bond donors (Lipinski definition) is 7. The Balaban J connectivity index is 2.21. The monoisotopic (exact) mass is 447 g/mol. The van der Waals surface area contributed by atoms with Gasteiger partial charge in [0.25, 0.3) is 15.9 Å². The zero-order chi connectivity index (χ0) is 22.4. The lowest BCUT2D eigenvalue weighted by Gasteiger charge is -2.33. The molecule has 30 heavy (non-hydrogen) atoms. The van der Waals surface area contributed by atoms with Gasteiger partial charge in [-0.25, -0.2) is 28.1 Å². The predicted molar refractivity (Wildman–Crippen MR) is 98.4 cm³/mol. The van der Waals surface area contributed by atoms with Gasteiger partial charge in [0.15, 0.2) is 11.5 Å². The molecule has 9 N–H and O–H groups in total. The minimum atomic E-state index is -5.06. The molecule has 3 rings (SSSR count). The first-order chi connectivity index (χ1) is 14.0. The molecule has 0 aliphatic carbocycles. The van der Waals surface area contributed by atoms with E-state index < -0.39 is 58.1 Å². The largest absolute Gasteiger partial charge is 0.394 e. The number of carbonyl (C=O) groups is 1. The maximum absolute atomic E-state index is 13.3. The number of aliphatic hydroxyl groups is 4. The first-order valence-electron chi connectivity index (χ1n) is 8.56. The fourth-order valence-corrected chi connectivity index (χ4v) is 4.69. The van der Waals surface area contributed by atoms with Crippen LogP contribution in [0.3, 0.4) is 0 Å². The van der Waals surface area contributed by atoms with Crippen molar-refractivity contribution in [1.82, 2.24) is 24.2 Å². The molecule has 0 radical (unpaired) electrons. The molecule has 15 nitrogen and oxygen atoms in total. The van der Waals surface area contributed by atoms with Crippen LogP contribution in [0.5, 0.6) is 0 Å². The molecule has 0 spiro atoms. The van der Waals surface area contributed by atoms with E-state index in [4.69, 9.17) is 16.2 Å². The number of nitrogens with zero attached hydrogens (tertiary/aromatic N) is 4. The Labute approximate surface area is 169 Å². The van der Waals surface area contributed by atoms with Gasteiger partial charge in [-0.05, 0) is 6.92 Å². The molecule has 1 aliphatic rings. The van der Waals surface area contributed by atoms with E-state index in [1.807, 2.05) is 0 Å². The third-order valence-corrected chi connectivity index (χ3v) is 6.49. The lowest BCUT2D eigenvalue weighted by Crippen LogP contribution is -2.59. The molecule has 1 saturated heterocycles. The van der Waals surface area contributed by atoms with Crippen LogP contribution >= 0.6 is 0 Å². The summed E-state index contributed by atoms with van der Waals surface area (Å²) in [6.45, 7) is 0.308. The smallest absolute Gasteiger partial charge is 0.300 e. The van der Waals surface area contributed by atoms with Crippen LogP contribution in [0.2, 0.25) is 0 Å². The Morgan fingerprint density at radius 3 is 2.63 bits per heavy atom. The molecular formula is C14H21N7O8S. The molecule has 0 aromatic carbocycles. The summed E-state index contributed by atoms with van der Waals surface area (Å²) >= 11 is 0. The van der Waals surface area contributed by atoms with Gasteiger partial charge >= 0.3 is 5.06 Å². The van der Waals surface area contributed by atoms with Crippen molar-refractivity contribution >= 4 is 32.9 Å². The topological polar surface area (TPSA) is 249 Å². The zero-order valence-corrected chi connectivity index (χ0v) is 16.3. The summed E-state index contributed by atoms with van der Waals surface area (Å²) in [4.78, 5) is 23.8. The van der Waals surface area contributed by atoms with Crippen molar-refractivity contribution in [2.75, 3.05) is 12.3 Å². The molecular weight excluding hydrogens is 426 g/mol. The predicted octanol–water partition coefficient (Wildman–Crippen LogP) is -4.71. The standard InChI is InChI=1S/C14H21N7O8S/c1-5(23)7(15)13(26)20-30(27,28)14(10(25)9(24)6(2-22)29-14)21-4-19-8-11(16)17-3-18-12(8)21/h3-7,9-10,22-25H,2,15H2,1H3,(H,20,26)(H2,16,17,18)/t5-,6-,7+,9-,10-,14+/m1/s1. The normalized spacial score (nSPS) is 29.1. The lowest BCUT2D eigenvalue weighted by atomic mass is 10.1. The number of rotatable bonds is 6. The third kappa shape index (κ3) is 3.18. The number of sulfonamides is 1. The highest BCUT2D eigenvalue weighted by molar-refractivity contribution is 7.90. The molecule has 1 fully saturated rings. The minimum Gasteiger partial charge on any atom is -0.394 e. The van der Waals surface area contributed by atoms with Crippen LogP contribution in [-0.4, -0.2) is 91.3 Å². The highest BCUT2D eigenvalue weighted by atomic mass is 32.2. The second-order valence-corrected chi connectivity index (χ2v) is 8.48. The van der Waals surface area contributed by atoms with E-state index in [9.17, 15) is 33.6 Å². The first-order valence-corrected chi connectivity index (χ1v) is 10.0. The van der Waals surface area contributed by atoms with Crippen LogP contribution in [0, 0.1) is 0 Å². The van der Waals surface area contributed by atoms with Crippen molar-refractivity contribution in [2.45, 2.75) is 42.4 Å². The highest BCUT2D eigenvalue weighted by Crippen LogP contribution is 2.41. The number of fused-ring (bicyclic) bond motifs is 1. The van der Waals surface area contributed by atoms with Crippen molar-refractivity contribution in [3.63, 3.8) is 0 Å². The van der Waals surface area contributed by atoms with Crippen LogP contribution in [-0.2, 0) is 24.6 Å².